The summed E-state index contributed by atoms with van der Waals surface area (Å²) >= 11 is 1.99. The van der Waals surface area contributed by atoms with Gasteiger partial charge in [0.2, 0.25) is 0 Å². The van der Waals surface area contributed by atoms with Crippen LogP contribution in [-0.2, 0) is 0 Å². The molecule has 0 unspecified atom stereocenters. The van der Waals surface area contributed by atoms with Crippen molar-refractivity contribution in [3.63, 3.8) is 0 Å². The lowest BCUT2D eigenvalue weighted by Crippen LogP contribution is -2.17. The summed E-state index contributed by atoms with van der Waals surface area (Å²) in [5.41, 5.74) is 3.56. The number of ether oxygens (including phenoxy) is 3. The fourth-order valence-corrected chi connectivity index (χ4v) is 2.93. The van der Waals surface area contributed by atoms with Crippen LogP contribution in [0.2, 0.25) is 0 Å². The van der Waals surface area contributed by atoms with Gasteiger partial charge in [-0.05, 0) is 71.8 Å². The Labute approximate surface area is 177 Å². The highest BCUT2D eigenvalue weighted by atomic mass is 127. The molecule has 0 aliphatic rings. The summed E-state index contributed by atoms with van der Waals surface area (Å²) in [5, 5.41) is 13.8. The molecule has 0 saturated carbocycles. The van der Waals surface area contributed by atoms with E-state index >= 15 is 0 Å². The van der Waals surface area contributed by atoms with Gasteiger partial charge in [-0.3, -0.25) is 4.79 Å². The van der Waals surface area contributed by atoms with Gasteiger partial charge in [-0.25, -0.2) is 5.43 Å². The average molecular weight is 498 g/mol. The molecule has 1 amide bonds. The fourth-order valence-electron chi connectivity index (χ4n) is 2.30. The Kier molecular flexibility index (Phi) is 8.37. The van der Waals surface area contributed by atoms with Gasteiger partial charge >= 0.3 is 0 Å². The van der Waals surface area contributed by atoms with Gasteiger partial charge in [0.1, 0.15) is 0 Å². The van der Waals surface area contributed by atoms with Crippen LogP contribution in [0.5, 0.6) is 23.0 Å². The zero-order chi connectivity index (χ0) is 20.5. The maximum absolute atomic E-state index is 12.4. The Morgan fingerprint density at radius 1 is 1.18 bits per heavy atom. The molecule has 28 heavy (non-hydrogen) atoms. The van der Waals surface area contributed by atoms with E-state index in [0.717, 1.165) is 6.42 Å². The molecule has 2 aromatic rings. The van der Waals surface area contributed by atoms with Crippen LogP contribution in [0.25, 0.3) is 0 Å². The van der Waals surface area contributed by atoms with Crippen LogP contribution in [0.3, 0.4) is 0 Å². The van der Waals surface area contributed by atoms with Crippen molar-refractivity contribution >= 4 is 34.7 Å². The number of rotatable bonds is 9. The number of benzene rings is 2. The number of halogens is 1. The smallest absolute Gasteiger partial charge is 0.271 e. The highest BCUT2D eigenvalue weighted by Crippen LogP contribution is 2.32. The first kappa shape index (κ1) is 21.8. The van der Waals surface area contributed by atoms with E-state index in [0.29, 0.717) is 45.2 Å². The number of nitrogens with one attached hydrogen (secondary N) is 1. The number of methoxy groups -OCH3 is 1. The lowest BCUT2D eigenvalue weighted by atomic mass is 10.2. The molecule has 2 rings (SSSR count). The van der Waals surface area contributed by atoms with E-state index in [-0.39, 0.29) is 11.7 Å². The molecule has 0 heterocycles. The van der Waals surface area contributed by atoms with Crippen LogP contribution < -0.4 is 19.6 Å². The van der Waals surface area contributed by atoms with Crippen molar-refractivity contribution in [2.24, 2.45) is 5.10 Å². The SMILES string of the molecule is CCCOc1ccc(C(=O)N/N=C/c2cc(I)c(O)c(OC)c2)cc1OCC. The number of aromatic hydroxyl groups is 1. The summed E-state index contributed by atoms with van der Waals surface area (Å²) in [6, 6.07) is 8.35. The predicted molar refractivity (Wildman–Crippen MR) is 116 cm³/mol. The molecule has 0 saturated heterocycles. The summed E-state index contributed by atoms with van der Waals surface area (Å²) in [6.07, 6.45) is 2.35. The minimum atomic E-state index is -0.375. The topological polar surface area (TPSA) is 89.4 Å². The second-order valence-electron chi connectivity index (χ2n) is 5.70. The second-order valence-corrected chi connectivity index (χ2v) is 6.86. The number of hydrogen-bond donors (Lipinski definition) is 2. The van der Waals surface area contributed by atoms with Gasteiger partial charge in [0.25, 0.3) is 5.91 Å². The van der Waals surface area contributed by atoms with Crippen LogP contribution in [0, 0.1) is 3.57 Å². The van der Waals surface area contributed by atoms with E-state index in [1.807, 2.05) is 36.4 Å². The number of carbonyl (C=O) groups is 1. The maximum atomic E-state index is 12.4. The maximum Gasteiger partial charge on any atom is 0.271 e. The number of phenolic OH excluding ortho intramolecular Hbond substituents is 1. The Bertz CT molecular complexity index is 855. The van der Waals surface area contributed by atoms with Crippen LogP contribution >= 0.6 is 22.6 Å². The Hall–Kier alpha value is -2.49. The molecule has 0 aliphatic heterocycles. The van der Waals surface area contributed by atoms with Gasteiger partial charge < -0.3 is 19.3 Å². The molecular weight excluding hydrogens is 475 g/mol. The summed E-state index contributed by atoms with van der Waals surface area (Å²) < 4.78 is 16.9. The van der Waals surface area contributed by atoms with E-state index in [2.05, 4.69) is 10.5 Å². The Morgan fingerprint density at radius 2 is 1.96 bits per heavy atom. The first-order valence-corrected chi connectivity index (χ1v) is 9.87. The average Bonchev–Trinajstić information content (AvgIpc) is 2.69. The summed E-state index contributed by atoms with van der Waals surface area (Å²) in [4.78, 5) is 12.4. The van der Waals surface area contributed by atoms with Gasteiger partial charge in [-0.15, -0.1) is 0 Å². The molecular formula is C20H23IN2O5. The number of amides is 1. The fraction of sp³-hybridized carbons (Fsp3) is 0.300. The first-order chi connectivity index (χ1) is 13.5. The molecule has 0 fully saturated rings. The lowest BCUT2D eigenvalue weighted by molar-refractivity contribution is 0.0954. The summed E-state index contributed by atoms with van der Waals surface area (Å²) in [6.45, 7) is 4.93. The van der Waals surface area contributed by atoms with Crippen molar-refractivity contribution in [1.82, 2.24) is 5.43 Å². The predicted octanol–water partition coefficient (Wildman–Crippen LogP) is 3.96. The molecule has 0 aliphatic carbocycles. The number of hydrogen-bond acceptors (Lipinski definition) is 6. The zero-order valence-corrected chi connectivity index (χ0v) is 18.1. The minimum absolute atomic E-state index is 0.0677. The molecule has 0 aromatic heterocycles. The molecule has 0 bridgehead atoms. The van der Waals surface area contributed by atoms with Crippen LogP contribution in [-0.4, -0.2) is 37.6 Å². The van der Waals surface area contributed by atoms with Gasteiger partial charge in [0, 0.05) is 5.56 Å². The van der Waals surface area contributed by atoms with Gasteiger partial charge in [-0.1, -0.05) is 6.92 Å². The number of phenols is 1. The monoisotopic (exact) mass is 498 g/mol. The van der Waals surface area contributed by atoms with Crippen LogP contribution in [0.4, 0.5) is 0 Å². The molecule has 8 heteroatoms. The molecule has 0 spiro atoms. The Balaban J connectivity index is 2.11. The van der Waals surface area contributed by atoms with Crippen molar-refractivity contribution in [1.29, 1.82) is 0 Å². The van der Waals surface area contributed by atoms with Crippen molar-refractivity contribution in [3.05, 3.63) is 45.0 Å². The van der Waals surface area contributed by atoms with Gasteiger partial charge in [0.05, 0.1) is 30.1 Å². The molecule has 2 N–H and O–H groups in total. The van der Waals surface area contributed by atoms with Gasteiger partial charge in [-0.2, -0.15) is 5.10 Å². The number of hydrazone groups is 1. The third kappa shape index (κ3) is 5.75. The van der Waals surface area contributed by atoms with Crippen molar-refractivity contribution in [2.45, 2.75) is 20.3 Å². The van der Waals surface area contributed by atoms with E-state index in [4.69, 9.17) is 14.2 Å². The van der Waals surface area contributed by atoms with E-state index in [1.165, 1.54) is 13.3 Å². The van der Waals surface area contributed by atoms with Crippen molar-refractivity contribution in [2.75, 3.05) is 20.3 Å². The zero-order valence-electron chi connectivity index (χ0n) is 16.0. The lowest BCUT2D eigenvalue weighted by Gasteiger charge is -2.12. The van der Waals surface area contributed by atoms with E-state index in [1.54, 1.807) is 30.3 Å². The van der Waals surface area contributed by atoms with E-state index in [9.17, 15) is 9.90 Å². The van der Waals surface area contributed by atoms with Gasteiger partial charge in [0.15, 0.2) is 23.0 Å². The third-order valence-corrected chi connectivity index (χ3v) is 4.44. The molecule has 7 nitrogen and oxygen atoms in total. The quantitative estimate of drug-likeness (QED) is 0.311. The Morgan fingerprint density at radius 3 is 2.64 bits per heavy atom. The molecule has 0 atom stereocenters. The standard InChI is InChI=1S/C20H23IN2O5/c1-4-8-28-16-7-6-14(11-17(16)27-5-2)20(25)23-22-12-13-9-15(21)19(24)18(10-13)26-3/h6-7,9-12,24H,4-5,8H2,1-3H3,(H,23,25)/b22-12+. The van der Waals surface area contributed by atoms with Crippen LogP contribution in [0.15, 0.2) is 35.4 Å². The normalized spacial score (nSPS) is 10.7. The molecule has 0 radical (unpaired) electrons. The third-order valence-electron chi connectivity index (χ3n) is 3.62. The van der Waals surface area contributed by atoms with Crippen molar-refractivity contribution in [3.8, 4) is 23.0 Å². The van der Waals surface area contributed by atoms with Crippen LogP contribution in [0.1, 0.15) is 36.2 Å². The number of nitrogens with zero attached hydrogens (tertiary/aromatic N) is 1. The second kappa shape index (κ2) is 10.7. The first-order valence-electron chi connectivity index (χ1n) is 8.79. The highest BCUT2D eigenvalue weighted by Gasteiger charge is 2.12. The van der Waals surface area contributed by atoms with E-state index < -0.39 is 0 Å². The largest absolute Gasteiger partial charge is 0.504 e. The minimum Gasteiger partial charge on any atom is -0.504 e. The molecule has 150 valence electrons. The summed E-state index contributed by atoms with van der Waals surface area (Å²) in [7, 11) is 1.47. The van der Waals surface area contributed by atoms with Crippen molar-refractivity contribution < 1.29 is 24.1 Å². The summed E-state index contributed by atoms with van der Waals surface area (Å²) in [5.74, 6) is 1.15. The number of carbonyl (C=O) groups excluding carboxylic acids is 1. The highest BCUT2D eigenvalue weighted by molar-refractivity contribution is 14.1. The molecule has 2 aromatic carbocycles.